The molecule has 7 heteroatoms. The summed E-state index contributed by atoms with van der Waals surface area (Å²) in [6, 6.07) is 11.6. The number of rotatable bonds is 8. The van der Waals surface area contributed by atoms with E-state index < -0.39 is 31.0 Å². The number of benzene rings is 2. The van der Waals surface area contributed by atoms with E-state index in [0.29, 0.717) is 23.0 Å². The van der Waals surface area contributed by atoms with Gasteiger partial charge in [-0.3, -0.25) is 0 Å². The van der Waals surface area contributed by atoms with Crippen LogP contribution in [-0.4, -0.2) is 45.2 Å². The predicted octanol–water partition coefficient (Wildman–Crippen LogP) is 6.25. The van der Waals surface area contributed by atoms with Crippen molar-refractivity contribution in [3.8, 4) is 23.0 Å². The molecule has 0 unspecified atom stereocenters. The minimum atomic E-state index is -3.57. The summed E-state index contributed by atoms with van der Waals surface area (Å²) in [5.74, 6) is 2.54. The van der Waals surface area contributed by atoms with Crippen LogP contribution < -0.4 is 29.3 Å². The Morgan fingerprint density at radius 2 is 0.649 bits per heavy atom. The van der Waals surface area contributed by atoms with Crippen molar-refractivity contribution in [3.63, 3.8) is 0 Å². The van der Waals surface area contributed by atoms with Crippen LogP contribution in [0.5, 0.6) is 23.0 Å². The molecule has 0 aliphatic carbocycles. The second kappa shape index (κ2) is 10.9. The number of hydrogen-bond donors (Lipinski definition) is 0. The molecule has 0 heterocycles. The van der Waals surface area contributed by atoms with Gasteiger partial charge in [0.05, 0.1) is 10.4 Å². The molecule has 0 aliphatic heterocycles. The average molecular weight is 533 g/mol. The first-order valence-corrected chi connectivity index (χ1v) is 14.7. The standard InChI is InChI=1S/C30H48O6Si/c1-27(2,3)33-21-17-15-18-22(34-28(4,5)6)25(21)37(31-13,32-14)26-23(35-29(7,8)9)19-16-20-24(26)36-30(10,11)12/h15-20H,1-14H3. The zero-order chi connectivity index (χ0) is 28.4. The molecule has 0 fully saturated rings. The number of hydrogen-bond acceptors (Lipinski definition) is 6. The molecule has 0 aliphatic rings. The Balaban J connectivity index is 3.07. The van der Waals surface area contributed by atoms with Crippen molar-refractivity contribution in [2.75, 3.05) is 14.2 Å². The van der Waals surface area contributed by atoms with Crippen molar-refractivity contribution in [3.05, 3.63) is 36.4 Å². The quantitative estimate of drug-likeness (QED) is 0.375. The van der Waals surface area contributed by atoms with E-state index in [1.165, 1.54) is 0 Å². The molecule has 2 aromatic rings. The summed E-state index contributed by atoms with van der Waals surface area (Å²) in [7, 11) is -0.241. The van der Waals surface area contributed by atoms with Gasteiger partial charge in [-0.05, 0) is 107 Å². The molecular weight excluding hydrogens is 484 g/mol. The molecule has 2 aromatic carbocycles. The first-order valence-electron chi connectivity index (χ1n) is 12.8. The van der Waals surface area contributed by atoms with Crippen molar-refractivity contribution < 1.29 is 27.8 Å². The summed E-state index contributed by atoms with van der Waals surface area (Å²) < 4.78 is 39.0. The monoisotopic (exact) mass is 532 g/mol. The largest absolute Gasteiger partial charge is 0.488 e. The maximum atomic E-state index is 6.51. The molecule has 0 saturated heterocycles. The lowest BCUT2D eigenvalue weighted by molar-refractivity contribution is 0.121. The summed E-state index contributed by atoms with van der Waals surface area (Å²) >= 11 is 0. The maximum absolute atomic E-state index is 6.51. The Hall–Kier alpha value is -2.22. The highest BCUT2D eigenvalue weighted by molar-refractivity contribution is 6.94. The predicted molar refractivity (Wildman–Crippen MR) is 153 cm³/mol. The summed E-state index contributed by atoms with van der Waals surface area (Å²) in [5, 5.41) is 1.46. The van der Waals surface area contributed by atoms with Gasteiger partial charge < -0.3 is 27.8 Å². The molecule has 0 N–H and O–H groups in total. The zero-order valence-electron chi connectivity index (χ0n) is 25.4. The van der Waals surface area contributed by atoms with Gasteiger partial charge in [-0.1, -0.05) is 12.1 Å². The van der Waals surface area contributed by atoms with Crippen molar-refractivity contribution in [1.82, 2.24) is 0 Å². The van der Waals surface area contributed by atoms with Crippen LogP contribution in [0.3, 0.4) is 0 Å². The van der Waals surface area contributed by atoms with E-state index in [2.05, 4.69) is 0 Å². The molecule has 37 heavy (non-hydrogen) atoms. The van der Waals surface area contributed by atoms with Gasteiger partial charge in [0.15, 0.2) is 0 Å². The fraction of sp³-hybridized carbons (Fsp3) is 0.600. The van der Waals surface area contributed by atoms with Gasteiger partial charge in [0.1, 0.15) is 45.4 Å². The lowest BCUT2D eigenvalue weighted by atomic mass is 10.1. The number of ether oxygens (including phenoxy) is 4. The zero-order valence-corrected chi connectivity index (χ0v) is 26.4. The third-order valence-electron chi connectivity index (χ3n) is 4.87. The normalized spacial score (nSPS) is 13.4. The Kier molecular flexibility index (Phi) is 9.11. The van der Waals surface area contributed by atoms with E-state index in [-0.39, 0.29) is 0 Å². The second-order valence-electron chi connectivity index (χ2n) is 13.1. The van der Waals surface area contributed by atoms with Gasteiger partial charge in [0.2, 0.25) is 0 Å². The molecule has 6 nitrogen and oxygen atoms in total. The first-order chi connectivity index (χ1) is 16.7. The van der Waals surface area contributed by atoms with E-state index in [1.807, 2.05) is 119 Å². The van der Waals surface area contributed by atoms with Gasteiger partial charge in [-0.25, -0.2) is 0 Å². The summed E-state index contributed by atoms with van der Waals surface area (Å²) in [4.78, 5) is 0. The average Bonchev–Trinajstić information content (AvgIpc) is 2.67. The topological polar surface area (TPSA) is 55.4 Å². The van der Waals surface area contributed by atoms with Gasteiger partial charge in [-0.15, -0.1) is 0 Å². The van der Waals surface area contributed by atoms with Crippen molar-refractivity contribution in [2.45, 2.75) is 105 Å². The second-order valence-corrected chi connectivity index (χ2v) is 16.2. The van der Waals surface area contributed by atoms with Crippen LogP contribution in [0.1, 0.15) is 83.1 Å². The molecule has 0 spiro atoms. The van der Waals surface area contributed by atoms with Crippen LogP contribution in [0.15, 0.2) is 36.4 Å². The molecule has 0 amide bonds. The van der Waals surface area contributed by atoms with Crippen LogP contribution in [0.25, 0.3) is 0 Å². The van der Waals surface area contributed by atoms with E-state index >= 15 is 0 Å². The fourth-order valence-corrected chi connectivity index (χ4v) is 7.02. The molecular formula is C30H48O6Si. The van der Waals surface area contributed by atoms with Gasteiger partial charge >= 0.3 is 8.56 Å². The van der Waals surface area contributed by atoms with Gasteiger partial charge in [-0.2, -0.15) is 0 Å². The maximum Gasteiger partial charge on any atom is 0.421 e. The molecule has 2 rings (SSSR count). The van der Waals surface area contributed by atoms with Gasteiger partial charge in [0.25, 0.3) is 0 Å². The third-order valence-corrected chi connectivity index (χ3v) is 8.33. The lowest BCUT2D eigenvalue weighted by Crippen LogP contribution is -2.64. The summed E-state index contributed by atoms with van der Waals surface area (Å²) in [5.41, 5.74) is -1.88. The molecule has 0 atom stereocenters. The summed E-state index contributed by atoms with van der Waals surface area (Å²) in [6.45, 7) is 24.2. The molecule has 208 valence electrons. The Bertz CT molecular complexity index is 898. The molecule has 0 saturated carbocycles. The lowest BCUT2D eigenvalue weighted by Gasteiger charge is -2.37. The molecule has 0 aromatic heterocycles. The van der Waals surface area contributed by atoms with Crippen molar-refractivity contribution in [1.29, 1.82) is 0 Å². The first kappa shape index (κ1) is 31.0. The highest BCUT2D eigenvalue weighted by Gasteiger charge is 2.51. The Morgan fingerprint density at radius 1 is 0.432 bits per heavy atom. The van der Waals surface area contributed by atoms with E-state index in [0.717, 1.165) is 10.4 Å². The van der Waals surface area contributed by atoms with Crippen LogP contribution in [0.4, 0.5) is 0 Å². The van der Waals surface area contributed by atoms with E-state index in [9.17, 15) is 0 Å². The molecule has 0 bridgehead atoms. The smallest absolute Gasteiger partial charge is 0.421 e. The SMILES string of the molecule is CO[Si](OC)(c1c(OC(C)(C)C)cccc1OC(C)(C)C)c1c(OC(C)(C)C)cccc1OC(C)(C)C. The van der Waals surface area contributed by atoms with Gasteiger partial charge in [0, 0.05) is 14.2 Å². The van der Waals surface area contributed by atoms with Crippen molar-refractivity contribution >= 4 is 18.9 Å². The van der Waals surface area contributed by atoms with Crippen molar-refractivity contribution in [2.24, 2.45) is 0 Å². The third kappa shape index (κ3) is 8.39. The fourth-order valence-electron chi connectivity index (χ4n) is 3.95. The van der Waals surface area contributed by atoms with E-state index in [4.69, 9.17) is 27.8 Å². The minimum absolute atomic E-state index is 0.469. The van der Waals surface area contributed by atoms with E-state index in [1.54, 1.807) is 14.2 Å². The van der Waals surface area contributed by atoms with Crippen LogP contribution in [0, 0.1) is 0 Å². The Labute approximate surface area is 225 Å². The Morgan fingerprint density at radius 3 is 0.811 bits per heavy atom. The highest BCUT2D eigenvalue weighted by Crippen LogP contribution is 2.34. The van der Waals surface area contributed by atoms with Crippen LogP contribution in [0.2, 0.25) is 0 Å². The minimum Gasteiger partial charge on any atom is -0.488 e. The highest BCUT2D eigenvalue weighted by atomic mass is 28.4. The molecule has 0 radical (unpaired) electrons. The summed E-state index contributed by atoms with van der Waals surface area (Å²) in [6.07, 6.45) is 0. The van der Waals surface area contributed by atoms with Crippen LogP contribution >= 0.6 is 0 Å². The van der Waals surface area contributed by atoms with Crippen LogP contribution in [-0.2, 0) is 8.85 Å².